The minimum atomic E-state index is 0.262. The van der Waals surface area contributed by atoms with Crippen LogP contribution in [-0.2, 0) is 0 Å². The van der Waals surface area contributed by atoms with Gasteiger partial charge in [-0.15, -0.1) is 0 Å². The van der Waals surface area contributed by atoms with Gasteiger partial charge in [-0.1, -0.05) is 50.3 Å². The summed E-state index contributed by atoms with van der Waals surface area (Å²) in [6.45, 7) is 0. The number of hydrogen-bond donors (Lipinski definition) is 0. The molecule has 0 saturated heterocycles. The van der Waals surface area contributed by atoms with Crippen LogP contribution in [0.3, 0.4) is 0 Å². The Bertz CT molecular complexity index is 595. The average molecular weight is 294 g/mol. The summed E-state index contributed by atoms with van der Waals surface area (Å²) in [6, 6.07) is 17.2. The number of hydrogen-bond acceptors (Lipinski definition) is 2. The highest BCUT2D eigenvalue weighted by atomic mass is 16.5. The smallest absolute Gasteiger partial charge is 0.163 e. The van der Waals surface area contributed by atoms with Gasteiger partial charge >= 0.3 is 0 Å². The first-order valence-electron chi connectivity index (χ1n) is 8.17. The molecule has 1 saturated carbocycles. The molecule has 0 unspecified atom stereocenters. The lowest BCUT2D eigenvalue weighted by molar-refractivity contribution is 0.0950. The van der Waals surface area contributed by atoms with Crippen LogP contribution in [0.4, 0.5) is 0 Å². The molecule has 0 bridgehead atoms. The predicted octanol–water partition coefficient (Wildman–Crippen LogP) is 5.63. The van der Waals surface area contributed by atoms with Crippen LogP contribution in [0.1, 0.15) is 48.9 Å². The maximum atomic E-state index is 12.3. The van der Waals surface area contributed by atoms with Gasteiger partial charge in [0.15, 0.2) is 5.78 Å². The van der Waals surface area contributed by atoms with Crippen LogP contribution < -0.4 is 4.74 Å². The SMILES string of the molecule is O=C(CC1CCCCC1)c1ccc(Oc2ccccc2)cc1. The molecule has 1 aliphatic carbocycles. The van der Waals surface area contributed by atoms with Crippen molar-refractivity contribution < 1.29 is 9.53 Å². The van der Waals surface area contributed by atoms with Gasteiger partial charge in [-0.3, -0.25) is 4.79 Å². The molecule has 0 N–H and O–H groups in total. The zero-order chi connectivity index (χ0) is 15.2. The number of carbonyl (C=O) groups excluding carboxylic acids is 1. The van der Waals surface area contributed by atoms with Gasteiger partial charge in [-0.2, -0.15) is 0 Å². The van der Waals surface area contributed by atoms with Crippen molar-refractivity contribution >= 4 is 5.78 Å². The van der Waals surface area contributed by atoms with Crippen molar-refractivity contribution in [1.29, 1.82) is 0 Å². The number of benzene rings is 2. The van der Waals surface area contributed by atoms with Crippen molar-refractivity contribution in [3.05, 3.63) is 60.2 Å². The van der Waals surface area contributed by atoms with Crippen LogP contribution >= 0.6 is 0 Å². The van der Waals surface area contributed by atoms with Crippen LogP contribution in [0.2, 0.25) is 0 Å². The topological polar surface area (TPSA) is 26.3 Å². The predicted molar refractivity (Wildman–Crippen MR) is 88.5 cm³/mol. The van der Waals surface area contributed by atoms with E-state index in [9.17, 15) is 4.79 Å². The monoisotopic (exact) mass is 294 g/mol. The summed E-state index contributed by atoms with van der Waals surface area (Å²) in [5.74, 6) is 2.42. The lowest BCUT2D eigenvalue weighted by atomic mass is 9.85. The van der Waals surface area contributed by atoms with E-state index in [2.05, 4.69) is 0 Å². The van der Waals surface area contributed by atoms with E-state index in [0.717, 1.165) is 17.1 Å². The summed E-state index contributed by atoms with van der Waals surface area (Å²) in [7, 11) is 0. The van der Waals surface area contributed by atoms with Gasteiger partial charge in [0, 0.05) is 12.0 Å². The first kappa shape index (κ1) is 14.8. The number of para-hydroxylation sites is 1. The second-order valence-electron chi connectivity index (χ2n) is 6.07. The molecule has 2 heteroatoms. The number of ether oxygens (including phenoxy) is 1. The van der Waals surface area contributed by atoms with E-state index in [1.165, 1.54) is 32.1 Å². The molecule has 3 rings (SSSR count). The fourth-order valence-electron chi connectivity index (χ4n) is 3.10. The highest BCUT2D eigenvalue weighted by molar-refractivity contribution is 5.96. The van der Waals surface area contributed by atoms with E-state index in [4.69, 9.17) is 4.74 Å². The largest absolute Gasteiger partial charge is 0.457 e. The molecule has 1 fully saturated rings. The van der Waals surface area contributed by atoms with Gasteiger partial charge in [0.05, 0.1) is 0 Å². The molecule has 2 aromatic rings. The summed E-state index contributed by atoms with van der Waals surface area (Å²) in [5.41, 5.74) is 0.797. The lowest BCUT2D eigenvalue weighted by Gasteiger charge is -2.20. The summed E-state index contributed by atoms with van der Waals surface area (Å²) in [5, 5.41) is 0. The highest BCUT2D eigenvalue weighted by Gasteiger charge is 2.17. The van der Waals surface area contributed by atoms with Crippen molar-refractivity contribution in [2.24, 2.45) is 5.92 Å². The molecule has 2 nitrogen and oxygen atoms in total. The van der Waals surface area contributed by atoms with Crippen LogP contribution in [0.15, 0.2) is 54.6 Å². The summed E-state index contributed by atoms with van der Waals surface area (Å²) >= 11 is 0. The Labute approximate surface area is 132 Å². The fourth-order valence-corrected chi connectivity index (χ4v) is 3.10. The first-order valence-corrected chi connectivity index (χ1v) is 8.17. The molecule has 114 valence electrons. The van der Waals surface area contributed by atoms with Crippen LogP contribution in [-0.4, -0.2) is 5.78 Å². The second-order valence-corrected chi connectivity index (χ2v) is 6.07. The molecule has 0 amide bonds. The molecular formula is C20H22O2. The van der Waals surface area contributed by atoms with E-state index in [0.29, 0.717) is 12.3 Å². The lowest BCUT2D eigenvalue weighted by Crippen LogP contribution is -2.12. The highest BCUT2D eigenvalue weighted by Crippen LogP contribution is 2.28. The fraction of sp³-hybridized carbons (Fsp3) is 0.350. The minimum Gasteiger partial charge on any atom is -0.457 e. The maximum absolute atomic E-state index is 12.3. The summed E-state index contributed by atoms with van der Waals surface area (Å²) in [4.78, 5) is 12.3. The third kappa shape index (κ3) is 3.97. The van der Waals surface area contributed by atoms with E-state index in [-0.39, 0.29) is 5.78 Å². The number of rotatable bonds is 5. The quantitative estimate of drug-likeness (QED) is 0.668. The first-order chi connectivity index (χ1) is 10.8. The molecule has 0 spiro atoms. The van der Waals surface area contributed by atoms with Gasteiger partial charge in [0.2, 0.25) is 0 Å². The molecule has 0 aromatic heterocycles. The number of ketones is 1. The van der Waals surface area contributed by atoms with Crippen molar-refractivity contribution in [1.82, 2.24) is 0 Å². The molecule has 0 aliphatic heterocycles. The van der Waals surface area contributed by atoms with E-state index in [1.54, 1.807) is 0 Å². The molecule has 0 heterocycles. The molecule has 0 atom stereocenters. The van der Waals surface area contributed by atoms with Gasteiger partial charge in [0.25, 0.3) is 0 Å². The van der Waals surface area contributed by atoms with Crippen LogP contribution in [0.5, 0.6) is 11.5 Å². The van der Waals surface area contributed by atoms with Crippen molar-refractivity contribution in [2.45, 2.75) is 38.5 Å². The third-order valence-electron chi connectivity index (χ3n) is 4.35. The second kappa shape index (κ2) is 7.26. The maximum Gasteiger partial charge on any atom is 0.163 e. The van der Waals surface area contributed by atoms with E-state index in [1.807, 2.05) is 54.6 Å². The minimum absolute atomic E-state index is 0.262. The Morgan fingerprint density at radius 2 is 1.50 bits per heavy atom. The Morgan fingerprint density at radius 3 is 2.18 bits per heavy atom. The van der Waals surface area contributed by atoms with Gasteiger partial charge in [0.1, 0.15) is 11.5 Å². The Morgan fingerprint density at radius 1 is 0.864 bits per heavy atom. The zero-order valence-electron chi connectivity index (χ0n) is 12.8. The zero-order valence-corrected chi connectivity index (χ0v) is 12.8. The van der Waals surface area contributed by atoms with Gasteiger partial charge < -0.3 is 4.74 Å². The summed E-state index contributed by atoms with van der Waals surface area (Å²) in [6.07, 6.45) is 7.00. The molecule has 0 radical (unpaired) electrons. The van der Waals surface area contributed by atoms with Gasteiger partial charge in [-0.25, -0.2) is 0 Å². The average Bonchev–Trinajstić information content (AvgIpc) is 2.57. The number of Topliss-reactive ketones (excluding diaryl/α,β-unsaturated/α-hetero) is 1. The number of carbonyl (C=O) groups is 1. The normalized spacial score (nSPS) is 15.5. The van der Waals surface area contributed by atoms with E-state index >= 15 is 0 Å². The molecule has 2 aromatic carbocycles. The van der Waals surface area contributed by atoms with E-state index < -0.39 is 0 Å². The van der Waals surface area contributed by atoms with Crippen LogP contribution in [0, 0.1) is 5.92 Å². The Hall–Kier alpha value is -2.09. The van der Waals surface area contributed by atoms with Crippen LogP contribution in [0.25, 0.3) is 0 Å². The molecule has 22 heavy (non-hydrogen) atoms. The van der Waals surface area contributed by atoms with Crippen molar-refractivity contribution in [3.63, 3.8) is 0 Å². The summed E-state index contributed by atoms with van der Waals surface area (Å²) < 4.78 is 5.75. The molecular weight excluding hydrogens is 272 g/mol. The molecule has 1 aliphatic rings. The Kier molecular flexibility index (Phi) is 4.89. The third-order valence-corrected chi connectivity index (χ3v) is 4.35. The van der Waals surface area contributed by atoms with Crippen molar-refractivity contribution in [2.75, 3.05) is 0 Å². The van der Waals surface area contributed by atoms with Crippen molar-refractivity contribution in [3.8, 4) is 11.5 Å². The standard InChI is InChI=1S/C20H22O2/c21-20(15-16-7-3-1-4-8-16)17-11-13-19(14-12-17)22-18-9-5-2-6-10-18/h2,5-6,9-14,16H,1,3-4,7-8,15H2. The Balaban J connectivity index is 1.59. The van der Waals surface area contributed by atoms with Gasteiger partial charge in [-0.05, 0) is 42.3 Å².